The topological polar surface area (TPSA) is 96.4 Å². The molecule has 0 bridgehead atoms. The lowest BCUT2D eigenvalue weighted by Crippen LogP contribution is -2.14. The molecule has 0 aliphatic rings. The third-order valence-electron chi connectivity index (χ3n) is 1.64. The molecule has 0 aliphatic carbocycles. The van der Waals surface area contributed by atoms with Gasteiger partial charge >= 0.3 is 0 Å². The van der Waals surface area contributed by atoms with Gasteiger partial charge in [0, 0.05) is 5.56 Å². The zero-order valence-corrected chi connectivity index (χ0v) is 6.90. The highest BCUT2D eigenvalue weighted by atomic mass is 16.3. The van der Waals surface area contributed by atoms with Crippen LogP contribution < -0.4 is 5.73 Å². The second-order valence-corrected chi connectivity index (χ2v) is 2.48. The standard InChI is InChI=1S/C8H10N2O3/c9-8(13)6-2-1-5(3-11)7(4-12)10-6/h1-2,11-12H,3-4H2,(H2,9,13). The summed E-state index contributed by atoms with van der Waals surface area (Å²) in [6, 6.07) is 2.92. The van der Waals surface area contributed by atoms with Crippen LogP contribution in [-0.4, -0.2) is 21.1 Å². The lowest BCUT2D eigenvalue weighted by Gasteiger charge is -2.04. The predicted molar refractivity (Wildman–Crippen MR) is 44.6 cm³/mol. The molecule has 1 rings (SSSR count). The summed E-state index contributed by atoms with van der Waals surface area (Å²) in [6.07, 6.45) is 0. The molecule has 0 saturated heterocycles. The average molecular weight is 182 g/mol. The van der Waals surface area contributed by atoms with Crippen LogP contribution in [0.15, 0.2) is 12.1 Å². The zero-order valence-electron chi connectivity index (χ0n) is 6.90. The number of hydrogen-bond donors (Lipinski definition) is 3. The van der Waals surface area contributed by atoms with Crippen LogP contribution in [0.3, 0.4) is 0 Å². The van der Waals surface area contributed by atoms with Gasteiger partial charge in [0.25, 0.3) is 5.91 Å². The lowest BCUT2D eigenvalue weighted by molar-refractivity contribution is 0.0995. The second kappa shape index (κ2) is 3.97. The molecule has 70 valence electrons. The number of pyridine rings is 1. The van der Waals surface area contributed by atoms with Gasteiger partial charge in [-0.15, -0.1) is 0 Å². The molecule has 13 heavy (non-hydrogen) atoms. The Morgan fingerprint density at radius 1 is 1.38 bits per heavy atom. The highest BCUT2D eigenvalue weighted by molar-refractivity contribution is 5.90. The normalized spacial score (nSPS) is 10.0. The Morgan fingerprint density at radius 2 is 2.08 bits per heavy atom. The first-order valence-electron chi connectivity index (χ1n) is 3.69. The minimum Gasteiger partial charge on any atom is -0.392 e. The van der Waals surface area contributed by atoms with Crippen molar-refractivity contribution >= 4 is 5.91 Å². The molecule has 0 saturated carbocycles. The maximum absolute atomic E-state index is 10.7. The molecule has 5 nitrogen and oxygen atoms in total. The first-order valence-corrected chi connectivity index (χ1v) is 3.69. The Hall–Kier alpha value is -1.46. The van der Waals surface area contributed by atoms with E-state index in [0.717, 1.165) is 0 Å². The van der Waals surface area contributed by atoms with E-state index >= 15 is 0 Å². The van der Waals surface area contributed by atoms with Gasteiger partial charge in [-0.2, -0.15) is 0 Å². The Labute approximate surface area is 74.8 Å². The zero-order chi connectivity index (χ0) is 9.84. The summed E-state index contributed by atoms with van der Waals surface area (Å²) in [7, 11) is 0. The smallest absolute Gasteiger partial charge is 0.267 e. The summed E-state index contributed by atoms with van der Waals surface area (Å²) < 4.78 is 0. The molecule has 1 aromatic heterocycles. The van der Waals surface area contributed by atoms with Crippen molar-refractivity contribution in [2.75, 3.05) is 0 Å². The number of carbonyl (C=O) groups excluding carboxylic acids is 1. The van der Waals surface area contributed by atoms with Crippen molar-refractivity contribution in [2.24, 2.45) is 5.73 Å². The quantitative estimate of drug-likeness (QED) is 0.568. The summed E-state index contributed by atoms with van der Waals surface area (Å²) in [5, 5.41) is 17.6. The van der Waals surface area contributed by atoms with Gasteiger partial charge in [-0.3, -0.25) is 4.79 Å². The molecule has 0 aromatic carbocycles. The summed E-state index contributed by atoms with van der Waals surface area (Å²) in [4.78, 5) is 14.5. The Balaban J connectivity index is 3.13. The number of aliphatic hydroxyl groups excluding tert-OH is 2. The fourth-order valence-electron chi connectivity index (χ4n) is 0.948. The third-order valence-corrected chi connectivity index (χ3v) is 1.64. The summed E-state index contributed by atoms with van der Waals surface area (Å²) in [6.45, 7) is -0.543. The largest absolute Gasteiger partial charge is 0.392 e. The molecule has 5 heteroatoms. The monoisotopic (exact) mass is 182 g/mol. The van der Waals surface area contributed by atoms with Gasteiger partial charge in [-0.25, -0.2) is 4.98 Å². The van der Waals surface area contributed by atoms with Crippen molar-refractivity contribution in [3.8, 4) is 0 Å². The number of primary amides is 1. The van der Waals surface area contributed by atoms with Crippen LogP contribution in [0.2, 0.25) is 0 Å². The van der Waals surface area contributed by atoms with Crippen molar-refractivity contribution in [3.63, 3.8) is 0 Å². The fraction of sp³-hybridized carbons (Fsp3) is 0.250. The number of aromatic nitrogens is 1. The van der Waals surface area contributed by atoms with E-state index in [2.05, 4.69) is 4.98 Å². The van der Waals surface area contributed by atoms with Crippen LogP contribution in [0, 0.1) is 0 Å². The summed E-state index contributed by atoms with van der Waals surface area (Å²) in [5.41, 5.74) is 5.84. The number of carbonyl (C=O) groups is 1. The van der Waals surface area contributed by atoms with E-state index < -0.39 is 5.91 Å². The van der Waals surface area contributed by atoms with E-state index in [1.165, 1.54) is 12.1 Å². The van der Waals surface area contributed by atoms with Gasteiger partial charge < -0.3 is 15.9 Å². The van der Waals surface area contributed by atoms with Crippen molar-refractivity contribution in [2.45, 2.75) is 13.2 Å². The summed E-state index contributed by atoms with van der Waals surface area (Å²) >= 11 is 0. The lowest BCUT2D eigenvalue weighted by atomic mass is 10.2. The minimum absolute atomic E-state index is 0.0845. The Morgan fingerprint density at radius 3 is 2.54 bits per heavy atom. The molecule has 0 atom stereocenters. The first kappa shape index (κ1) is 9.63. The van der Waals surface area contributed by atoms with E-state index in [4.69, 9.17) is 15.9 Å². The molecule has 1 aromatic rings. The molecule has 0 spiro atoms. The van der Waals surface area contributed by atoms with Crippen LogP contribution in [0.25, 0.3) is 0 Å². The van der Waals surface area contributed by atoms with E-state index in [9.17, 15) is 4.79 Å². The van der Waals surface area contributed by atoms with Crippen LogP contribution in [0.1, 0.15) is 21.7 Å². The Kier molecular flexibility index (Phi) is 2.94. The number of aliphatic hydroxyl groups is 2. The fourth-order valence-corrected chi connectivity index (χ4v) is 0.948. The van der Waals surface area contributed by atoms with Crippen molar-refractivity contribution in [1.29, 1.82) is 0 Å². The average Bonchev–Trinajstić information content (AvgIpc) is 2.16. The van der Waals surface area contributed by atoms with Crippen molar-refractivity contribution < 1.29 is 15.0 Å². The van der Waals surface area contributed by atoms with E-state index in [0.29, 0.717) is 5.56 Å². The molecule has 0 radical (unpaired) electrons. The van der Waals surface area contributed by atoms with Crippen LogP contribution >= 0.6 is 0 Å². The number of nitrogens with zero attached hydrogens (tertiary/aromatic N) is 1. The second-order valence-electron chi connectivity index (χ2n) is 2.48. The number of amides is 1. The number of hydrogen-bond acceptors (Lipinski definition) is 4. The number of rotatable bonds is 3. The molecule has 0 fully saturated rings. The van der Waals surface area contributed by atoms with Gasteiger partial charge in [0.1, 0.15) is 5.69 Å². The maximum atomic E-state index is 10.7. The van der Waals surface area contributed by atoms with Crippen LogP contribution in [0.4, 0.5) is 0 Å². The minimum atomic E-state index is -0.654. The molecular weight excluding hydrogens is 172 g/mol. The number of nitrogens with two attached hydrogens (primary N) is 1. The molecule has 0 aliphatic heterocycles. The third kappa shape index (κ3) is 2.01. The highest BCUT2D eigenvalue weighted by Crippen LogP contribution is 2.07. The van der Waals surface area contributed by atoms with Gasteiger partial charge in [0.2, 0.25) is 0 Å². The summed E-state index contributed by atoms with van der Waals surface area (Å²) in [5.74, 6) is -0.654. The first-order chi connectivity index (χ1) is 6.19. The van der Waals surface area contributed by atoms with Gasteiger partial charge in [0.05, 0.1) is 18.9 Å². The maximum Gasteiger partial charge on any atom is 0.267 e. The van der Waals surface area contributed by atoms with Gasteiger partial charge in [-0.05, 0) is 6.07 Å². The van der Waals surface area contributed by atoms with Gasteiger partial charge in [0.15, 0.2) is 0 Å². The Bertz CT molecular complexity index is 325. The predicted octanol–water partition coefficient (Wildman–Crippen LogP) is -0.835. The SMILES string of the molecule is NC(=O)c1ccc(CO)c(CO)n1. The van der Waals surface area contributed by atoms with Crippen molar-refractivity contribution in [3.05, 3.63) is 29.1 Å². The highest BCUT2D eigenvalue weighted by Gasteiger charge is 2.07. The van der Waals surface area contributed by atoms with E-state index in [1.807, 2.05) is 0 Å². The molecule has 4 N–H and O–H groups in total. The molecule has 1 heterocycles. The van der Waals surface area contributed by atoms with E-state index in [-0.39, 0.29) is 24.6 Å². The van der Waals surface area contributed by atoms with Crippen LogP contribution in [-0.2, 0) is 13.2 Å². The van der Waals surface area contributed by atoms with Crippen molar-refractivity contribution in [1.82, 2.24) is 4.98 Å². The molecular formula is C8H10N2O3. The van der Waals surface area contributed by atoms with Crippen LogP contribution in [0.5, 0.6) is 0 Å². The molecule has 1 amide bonds. The molecule has 0 unspecified atom stereocenters. The van der Waals surface area contributed by atoms with E-state index in [1.54, 1.807) is 0 Å². The van der Waals surface area contributed by atoms with Gasteiger partial charge in [-0.1, -0.05) is 6.07 Å².